The molecule has 7 heteroatoms. The van der Waals surface area contributed by atoms with Gasteiger partial charge in [0.25, 0.3) is 5.91 Å². The number of carboxylic acids is 1. The fourth-order valence-corrected chi connectivity index (χ4v) is 2.68. The maximum absolute atomic E-state index is 11.8. The highest BCUT2D eigenvalue weighted by atomic mass is 32.1. The highest BCUT2D eigenvalue weighted by molar-refractivity contribution is 7.14. The second-order valence-corrected chi connectivity index (χ2v) is 5.58. The number of thiazole rings is 1. The molecule has 19 heavy (non-hydrogen) atoms. The summed E-state index contributed by atoms with van der Waals surface area (Å²) in [6.07, 6.45) is 4.19. The van der Waals surface area contributed by atoms with Gasteiger partial charge in [0.05, 0.1) is 11.4 Å². The zero-order chi connectivity index (χ0) is 13.7. The van der Waals surface area contributed by atoms with Gasteiger partial charge in [-0.3, -0.25) is 4.79 Å². The summed E-state index contributed by atoms with van der Waals surface area (Å²) < 4.78 is 0. The van der Waals surface area contributed by atoms with Crippen molar-refractivity contribution >= 4 is 40.6 Å². The summed E-state index contributed by atoms with van der Waals surface area (Å²) in [4.78, 5) is 27.5. The third kappa shape index (κ3) is 4.01. The molecule has 0 aliphatic rings. The first kappa shape index (κ1) is 13.4. The van der Waals surface area contributed by atoms with Crippen molar-refractivity contribution in [2.24, 2.45) is 0 Å². The predicted octanol–water partition coefficient (Wildman–Crippen LogP) is 2.23. The van der Waals surface area contributed by atoms with E-state index >= 15 is 0 Å². The van der Waals surface area contributed by atoms with Crippen LogP contribution < -0.4 is 5.32 Å². The Bertz CT molecular complexity index is 602. The number of aliphatic carboxylic acids is 1. The van der Waals surface area contributed by atoms with Crippen LogP contribution in [0.25, 0.3) is 6.08 Å². The van der Waals surface area contributed by atoms with Crippen molar-refractivity contribution in [1.29, 1.82) is 0 Å². The SMILES string of the molecule is O=C(O)C=Cc1ccc(C(=O)NCc2nccs2)s1. The van der Waals surface area contributed by atoms with E-state index in [0.717, 1.165) is 16.0 Å². The van der Waals surface area contributed by atoms with E-state index < -0.39 is 5.97 Å². The Hall–Kier alpha value is -1.99. The third-order valence-corrected chi connectivity index (χ3v) is 3.95. The molecule has 2 rings (SSSR count). The van der Waals surface area contributed by atoms with Crippen LogP contribution in [0.2, 0.25) is 0 Å². The monoisotopic (exact) mass is 294 g/mol. The van der Waals surface area contributed by atoms with Crippen molar-refractivity contribution < 1.29 is 14.7 Å². The standard InChI is InChI=1S/C12H10N2O3S2/c15-11(16)4-2-8-1-3-9(19-8)12(17)14-7-10-13-5-6-18-10/h1-6H,7H2,(H,14,17)(H,15,16). The first-order valence-corrected chi connectivity index (χ1v) is 7.02. The average Bonchev–Trinajstić information content (AvgIpc) is 3.04. The lowest BCUT2D eigenvalue weighted by Crippen LogP contribution is -2.21. The summed E-state index contributed by atoms with van der Waals surface area (Å²) in [6, 6.07) is 3.38. The zero-order valence-corrected chi connectivity index (χ0v) is 11.3. The molecule has 0 aromatic carbocycles. The molecule has 98 valence electrons. The van der Waals surface area contributed by atoms with Gasteiger partial charge in [-0.1, -0.05) is 0 Å². The van der Waals surface area contributed by atoms with E-state index in [4.69, 9.17) is 5.11 Å². The van der Waals surface area contributed by atoms with Gasteiger partial charge in [0.1, 0.15) is 5.01 Å². The second kappa shape index (κ2) is 6.26. The van der Waals surface area contributed by atoms with E-state index in [1.54, 1.807) is 18.3 Å². The Morgan fingerprint density at radius 1 is 1.42 bits per heavy atom. The number of hydrogen-bond donors (Lipinski definition) is 2. The molecule has 0 radical (unpaired) electrons. The quantitative estimate of drug-likeness (QED) is 0.829. The van der Waals surface area contributed by atoms with Gasteiger partial charge in [-0.05, 0) is 18.2 Å². The number of thiophene rings is 1. The van der Waals surface area contributed by atoms with Crippen molar-refractivity contribution in [2.45, 2.75) is 6.54 Å². The molecule has 1 amide bonds. The van der Waals surface area contributed by atoms with Crippen LogP contribution in [0.5, 0.6) is 0 Å². The molecular weight excluding hydrogens is 284 g/mol. The fraction of sp³-hybridized carbons (Fsp3) is 0.0833. The molecule has 5 nitrogen and oxygen atoms in total. The second-order valence-electron chi connectivity index (χ2n) is 3.48. The maximum atomic E-state index is 11.8. The number of aromatic nitrogens is 1. The van der Waals surface area contributed by atoms with Crippen molar-refractivity contribution in [3.8, 4) is 0 Å². The number of hydrogen-bond acceptors (Lipinski definition) is 5. The van der Waals surface area contributed by atoms with E-state index in [2.05, 4.69) is 10.3 Å². The number of rotatable bonds is 5. The summed E-state index contributed by atoms with van der Waals surface area (Å²) in [5, 5.41) is 14.0. The van der Waals surface area contributed by atoms with Gasteiger partial charge >= 0.3 is 5.97 Å². The predicted molar refractivity (Wildman–Crippen MR) is 74.3 cm³/mol. The Morgan fingerprint density at radius 2 is 2.26 bits per heavy atom. The highest BCUT2D eigenvalue weighted by Crippen LogP contribution is 2.18. The molecule has 2 heterocycles. The summed E-state index contributed by atoms with van der Waals surface area (Å²) in [6.45, 7) is 0.398. The van der Waals surface area contributed by atoms with Gasteiger partial charge in [0.2, 0.25) is 0 Å². The summed E-state index contributed by atoms with van der Waals surface area (Å²) >= 11 is 2.72. The van der Waals surface area contributed by atoms with Crippen LogP contribution in [-0.4, -0.2) is 22.0 Å². The lowest BCUT2D eigenvalue weighted by atomic mass is 10.4. The van der Waals surface area contributed by atoms with E-state index in [-0.39, 0.29) is 5.91 Å². The van der Waals surface area contributed by atoms with Gasteiger partial charge in [-0.25, -0.2) is 9.78 Å². The third-order valence-electron chi connectivity index (χ3n) is 2.12. The molecule has 2 aromatic heterocycles. The number of carbonyl (C=O) groups excluding carboxylic acids is 1. The molecule has 0 bridgehead atoms. The number of amides is 1. The Labute approximate surface area is 117 Å². The minimum Gasteiger partial charge on any atom is -0.478 e. The molecule has 0 atom stereocenters. The maximum Gasteiger partial charge on any atom is 0.328 e. The van der Waals surface area contributed by atoms with Crippen molar-refractivity contribution in [2.75, 3.05) is 0 Å². The smallest absolute Gasteiger partial charge is 0.328 e. The number of nitrogens with zero attached hydrogens (tertiary/aromatic N) is 1. The van der Waals surface area contributed by atoms with E-state index in [1.807, 2.05) is 5.38 Å². The normalized spacial score (nSPS) is 10.7. The summed E-state index contributed by atoms with van der Waals surface area (Å²) in [7, 11) is 0. The summed E-state index contributed by atoms with van der Waals surface area (Å²) in [5.74, 6) is -1.20. The van der Waals surface area contributed by atoms with Crippen LogP contribution in [0.4, 0.5) is 0 Å². The van der Waals surface area contributed by atoms with Gasteiger partial charge in [-0.15, -0.1) is 22.7 Å². The molecule has 2 N–H and O–H groups in total. The Kier molecular flexibility index (Phi) is 4.43. The van der Waals surface area contributed by atoms with Crippen molar-refractivity contribution in [3.63, 3.8) is 0 Å². The van der Waals surface area contributed by atoms with Crippen LogP contribution in [0, 0.1) is 0 Å². The van der Waals surface area contributed by atoms with Crippen LogP contribution in [0.1, 0.15) is 19.6 Å². The fourth-order valence-electron chi connectivity index (χ4n) is 1.30. The van der Waals surface area contributed by atoms with Crippen LogP contribution in [0.3, 0.4) is 0 Å². The molecule has 0 aliphatic heterocycles. The Morgan fingerprint density at radius 3 is 2.95 bits per heavy atom. The van der Waals surface area contributed by atoms with Crippen LogP contribution in [-0.2, 0) is 11.3 Å². The van der Waals surface area contributed by atoms with Gasteiger partial charge < -0.3 is 10.4 Å². The highest BCUT2D eigenvalue weighted by Gasteiger charge is 2.08. The molecule has 0 aliphatic carbocycles. The van der Waals surface area contributed by atoms with Gasteiger partial charge in [0, 0.05) is 22.5 Å². The van der Waals surface area contributed by atoms with E-state index in [1.165, 1.54) is 28.7 Å². The lowest BCUT2D eigenvalue weighted by Gasteiger charge is -1.99. The Balaban J connectivity index is 1.94. The van der Waals surface area contributed by atoms with Gasteiger partial charge in [-0.2, -0.15) is 0 Å². The minimum atomic E-state index is -1.01. The van der Waals surface area contributed by atoms with E-state index in [0.29, 0.717) is 11.4 Å². The van der Waals surface area contributed by atoms with Gasteiger partial charge in [0.15, 0.2) is 0 Å². The van der Waals surface area contributed by atoms with Crippen molar-refractivity contribution in [3.05, 3.63) is 44.5 Å². The van der Waals surface area contributed by atoms with Crippen LogP contribution in [0.15, 0.2) is 29.8 Å². The number of carbonyl (C=O) groups is 2. The molecule has 0 fully saturated rings. The minimum absolute atomic E-state index is 0.185. The zero-order valence-electron chi connectivity index (χ0n) is 9.70. The number of carboxylic acid groups (broad SMARTS) is 1. The first-order chi connectivity index (χ1) is 9.15. The van der Waals surface area contributed by atoms with Crippen LogP contribution >= 0.6 is 22.7 Å². The molecular formula is C12H10N2O3S2. The molecule has 0 unspecified atom stereocenters. The molecule has 0 saturated carbocycles. The first-order valence-electron chi connectivity index (χ1n) is 5.32. The topological polar surface area (TPSA) is 79.3 Å². The summed E-state index contributed by atoms with van der Waals surface area (Å²) in [5.41, 5.74) is 0. The average molecular weight is 294 g/mol. The largest absolute Gasteiger partial charge is 0.478 e. The van der Waals surface area contributed by atoms with E-state index in [9.17, 15) is 9.59 Å². The lowest BCUT2D eigenvalue weighted by molar-refractivity contribution is -0.131. The molecule has 2 aromatic rings. The van der Waals surface area contributed by atoms with Crippen molar-refractivity contribution in [1.82, 2.24) is 10.3 Å². The molecule has 0 saturated heterocycles. The molecule has 0 spiro atoms. The number of nitrogens with one attached hydrogen (secondary N) is 1.